The highest BCUT2D eigenvalue weighted by atomic mass is 32.2. The van der Waals surface area contributed by atoms with E-state index < -0.39 is 44.5 Å². The molecule has 1 atom stereocenters. The highest BCUT2D eigenvalue weighted by Gasteiger charge is 2.30. The summed E-state index contributed by atoms with van der Waals surface area (Å²) in [5, 5.41) is 0. The summed E-state index contributed by atoms with van der Waals surface area (Å²) in [6.07, 6.45) is 0. The van der Waals surface area contributed by atoms with E-state index >= 15 is 0 Å². The number of hydrogen-bond donors (Lipinski definition) is 1. The Balaban J connectivity index is 2.11. The van der Waals surface area contributed by atoms with Crippen molar-refractivity contribution in [2.45, 2.75) is 31.4 Å². The number of sulfonamides is 1. The third-order valence-corrected chi connectivity index (χ3v) is 5.10. The first kappa shape index (κ1) is 20.0. The molecule has 2 rings (SSSR count). The number of halogens is 2. The molecule has 0 aromatic heterocycles. The number of carbonyl (C=O) groups excluding carboxylic acids is 1. The van der Waals surface area contributed by atoms with Crippen LogP contribution in [-0.4, -0.2) is 20.4 Å². The average molecular weight is 383 g/mol. The van der Waals surface area contributed by atoms with Crippen molar-refractivity contribution in [2.75, 3.05) is 0 Å². The lowest BCUT2D eigenvalue weighted by atomic mass is 10.1. The molecule has 140 valence electrons. The second kappa shape index (κ2) is 8.37. The van der Waals surface area contributed by atoms with Crippen molar-refractivity contribution in [1.82, 2.24) is 4.72 Å². The van der Waals surface area contributed by atoms with Gasteiger partial charge in [-0.3, -0.25) is 4.79 Å². The normalized spacial score (nSPS) is 12.8. The Morgan fingerprint density at radius 2 is 1.69 bits per heavy atom. The molecular weight excluding hydrogens is 364 g/mol. The lowest BCUT2D eigenvalue weighted by Crippen LogP contribution is -2.45. The summed E-state index contributed by atoms with van der Waals surface area (Å²) in [7, 11) is -4.24. The predicted molar refractivity (Wildman–Crippen MR) is 91.5 cm³/mol. The zero-order valence-corrected chi connectivity index (χ0v) is 15.1. The average Bonchev–Trinajstić information content (AvgIpc) is 2.59. The summed E-state index contributed by atoms with van der Waals surface area (Å²) in [6.45, 7) is 3.13. The molecule has 8 heteroatoms. The summed E-state index contributed by atoms with van der Waals surface area (Å²) in [6, 6.07) is 9.05. The molecule has 26 heavy (non-hydrogen) atoms. The highest BCUT2D eigenvalue weighted by Crippen LogP contribution is 2.16. The molecule has 2 aromatic carbocycles. The quantitative estimate of drug-likeness (QED) is 0.746. The minimum absolute atomic E-state index is 0.135. The van der Waals surface area contributed by atoms with Gasteiger partial charge in [0.2, 0.25) is 10.0 Å². The summed E-state index contributed by atoms with van der Waals surface area (Å²) in [4.78, 5) is 11.8. The van der Waals surface area contributed by atoms with Gasteiger partial charge in [-0.25, -0.2) is 17.2 Å². The van der Waals surface area contributed by atoms with Crippen LogP contribution < -0.4 is 4.72 Å². The molecule has 0 amide bonds. The van der Waals surface area contributed by atoms with Gasteiger partial charge < -0.3 is 4.74 Å². The van der Waals surface area contributed by atoms with Crippen LogP contribution in [0, 0.1) is 17.6 Å². The summed E-state index contributed by atoms with van der Waals surface area (Å²) in [5.41, 5.74) is 0.555. The Labute approximate surface area is 151 Å². The van der Waals surface area contributed by atoms with Crippen molar-refractivity contribution in [3.8, 4) is 0 Å². The molecule has 0 radical (unpaired) electrons. The minimum Gasteiger partial charge on any atom is -0.460 e. The molecule has 1 unspecified atom stereocenters. The molecule has 0 bridgehead atoms. The van der Waals surface area contributed by atoms with Crippen LogP contribution in [0.3, 0.4) is 0 Å². The smallest absolute Gasteiger partial charge is 0.324 e. The Kier molecular flexibility index (Phi) is 6.44. The minimum atomic E-state index is -4.24. The molecule has 0 aliphatic rings. The van der Waals surface area contributed by atoms with Crippen LogP contribution in [-0.2, 0) is 26.2 Å². The zero-order valence-electron chi connectivity index (χ0n) is 14.3. The molecule has 0 aliphatic carbocycles. The van der Waals surface area contributed by atoms with E-state index in [4.69, 9.17) is 4.74 Å². The SMILES string of the molecule is CC(C)C(NS(=O)(=O)c1ccccc1F)C(=O)OCc1ccc(F)cc1. The Hall–Kier alpha value is -2.32. The van der Waals surface area contributed by atoms with Crippen LogP contribution in [0.15, 0.2) is 53.4 Å². The third kappa shape index (κ3) is 5.09. The maximum absolute atomic E-state index is 13.8. The maximum Gasteiger partial charge on any atom is 0.324 e. The molecule has 0 saturated heterocycles. The van der Waals surface area contributed by atoms with E-state index in [2.05, 4.69) is 4.72 Å². The largest absolute Gasteiger partial charge is 0.460 e. The van der Waals surface area contributed by atoms with Gasteiger partial charge in [0, 0.05) is 0 Å². The first-order chi connectivity index (χ1) is 12.2. The van der Waals surface area contributed by atoms with E-state index in [-0.39, 0.29) is 6.61 Å². The Morgan fingerprint density at radius 3 is 2.27 bits per heavy atom. The maximum atomic E-state index is 13.8. The molecule has 0 aliphatic heterocycles. The van der Waals surface area contributed by atoms with Crippen LogP contribution in [0.2, 0.25) is 0 Å². The highest BCUT2D eigenvalue weighted by molar-refractivity contribution is 7.89. The van der Waals surface area contributed by atoms with E-state index in [9.17, 15) is 22.0 Å². The van der Waals surface area contributed by atoms with Crippen molar-refractivity contribution in [3.05, 3.63) is 65.7 Å². The number of esters is 1. The fraction of sp³-hybridized carbons (Fsp3) is 0.278. The van der Waals surface area contributed by atoms with E-state index in [1.54, 1.807) is 13.8 Å². The van der Waals surface area contributed by atoms with Crippen molar-refractivity contribution in [2.24, 2.45) is 5.92 Å². The number of rotatable bonds is 7. The first-order valence-electron chi connectivity index (χ1n) is 7.88. The van der Waals surface area contributed by atoms with Crippen molar-refractivity contribution >= 4 is 16.0 Å². The molecule has 0 saturated carbocycles. The lowest BCUT2D eigenvalue weighted by molar-refractivity contribution is -0.148. The van der Waals surface area contributed by atoms with Crippen molar-refractivity contribution in [1.29, 1.82) is 0 Å². The fourth-order valence-electron chi connectivity index (χ4n) is 2.17. The van der Waals surface area contributed by atoms with Gasteiger partial charge in [0.1, 0.15) is 29.2 Å². The number of carbonyl (C=O) groups is 1. The molecule has 5 nitrogen and oxygen atoms in total. The van der Waals surface area contributed by atoms with Gasteiger partial charge in [-0.2, -0.15) is 4.72 Å². The van der Waals surface area contributed by atoms with E-state index in [1.165, 1.54) is 36.4 Å². The van der Waals surface area contributed by atoms with Crippen LogP contribution in [0.4, 0.5) is 8.78 Å². The van der Waals surface area contributed by atoms with Crippen molar-refractivity contribution in [3.63, 3.8) is 0 Å². The van der Waals surface area contributed by atoms with Gasteiger partial charge in [-0.1, -0.05) is 38.1 Å². The number of nitrogens with one attached hydrogen (secondary N) is 1. The molecule has 0 fully saturated rings. The van der Waals surface area contributed by atoms with Gasteiger partial charge in [0.05, 0.1) is 0 Å². The molecule has 1 N–H and O–H groups in total. The van der Waals surface area contributed by atoms with Gasteiger partial charge in [-0.05, 0) is 35.7 Å². The third-order valence-electron chi connectivity index (χ3n) is 3.62. The van der Waals surface area contributed by atoms with E-state index in [0.29, 0.717) is 5.56 Å². The van der Waals surface area contributed by atoms with E-state index in [0.717, 1.165) is 12.1 Å². The number of hydrogen-bond acceptors (Lipinski definition) is 4. The van der Waals surface area contributed by atoms with E-state index in [1.807, 2.05) is 0 Å². The predicted octanol–water partition coefficient (Wildman–Crippen LogP) is 3.01. The molecule has 0 heterocycles. The van der Waals surface area contributed by atoms with Gasteiger partial charge in [-0.15, -0.1) is 0 Å². The Bertz CT molecular complexity index is 867. The van der Waals surface area contributed by atoms with Crippen LogP contribution in [0.1, 0.15) is 19.4 Å². The van der Waals surface area contributed by atoms with Crippen LogP contribution in [0.5, 0.6) is 0 Å². The summed E-state index contributed by atoms with van der Waals surface area (Å²) in [5.74, 6) is -2.57. The summed E-state index contributed by atoms with van der Waals surface area (Å²) < 4.78 is 58.7. The van der Waals surface area contributed by atoms with Crippen LogP contribution >= 0.6 is 0 Å². The van der Waals surface area contributed by atoms with Gasteiger partial charge >= 0.3 is 5.97 Å². The molecule has 0 spiro atoms. The lowest BCUT2D eigenvalue weighted by Gasteiger charge is -2.21. The second-order valence-electron chi connectivity index (χ2n) is 6.01. The first-order valence-corrected chi connectivity index (χ1v) is 9.37. The van der Waals surface area contributed by atoms with Crippen molar-refractivity contribution < 1.29 is 26.7 Å². The fourth-order valence-corrected chi connectivity index (χ4v) is 3.59. The Morgan fingerprint density at radius 1 is 1.08 bits per heavy atom. The molecular formula is C18H19F2NO4S. The topological polar surface area (TPSA) is 72.5 Å². The molecule has 2 aromatic rings. The standard InChI is InChI=1S/C18H19F2NO4S/c1-12(2)17(18(22)25-11-13-7-9-14(19)10-8-13)21-26(23,24)16-6-4-3-5-15(16)20/h3-10,12,17,21H,11H2,1-2H3. The summed E-state index contributed by atoms with van der Waals surface area (Å²) >= 11 is 0. The van der Waals surface area contributed by atoms with Crippen LogP contribution in [0.25, 0.3) is 0 Å². The number of ether oxygens (including phenoxy) is 1. The van der Waals surface area contributed by atoms with Gasteiger partial charge in [0.25, 0.3) is 0 Å². The van der Waals surface area contributed by atoms with Gasteiger partial charge in [0.15, 0.2) is 0 Å². The number of benzene rings is 2. The monoisotopic (exact) mass is 383 g/mol. The zero-order chi connectivity index (χ0) is 19.3. The second-order valence-corrected chi connectivity index (χ2v) is 7.69.